The van der Waals surface area contributed by atoms with Gasteiger partial charge in [0.15, 0.2) is 0 Å². The number of alkyl halides is 3. The average Bonchev–Trinajstić information content (AvgIpc) is 2.20. The summed E-state index contributed by atoms with van der Waals surface area (Å²) in [6.45, 7) is 2.04. The Balaban J connectivity index is 3.82. The van der Waals surface area contributed by atoms with Crippen molar-refractivity contribution in [1.82, 2.24) is 0 Å². The molecule has 2 atom stereocenters. The molecule has 0 spiro atoms. The van der Waals surface area contributed by atoms with Crippen molar-refractivity contribution in [2.24, 2.45) is 0 Å². The second-order valence-electron chi connectivity index (χ2n) is 3.43. The van der Waals surface area contributed by atoms with Crippen molar-refractivity contribution < 1.29 is 42.1 Å². The van der Waals surface area contributed by atoms with E-state index in [0.717, 1.165) is 0 Å². The third-order valence-electron chi connectivity index (χ3n) is 1.60. The number of rotatable bonds is 6. The van der Waals surface area contributed by atoms with Crippen molar-refractivity contribution >= 4 is 12.1 Å². The summed E-state index contributed by atoms with van der Waals surface area (Å²) in [6.07, 6.45) is -8.11. The summed E-state index contributed by atoms with van der Waals surface area (Å²) in [5.41, 5.74) is 0. The Morgan fingerprint density at radius 1 is 1.17 bits per heavy atom. The molecule has 9 heteroatoms. The Kier molecular flexibility index (Phi) is 6.45. The van der Waals surface area contributed by atoms with E-state index in [1.807, 2.05) is 0 Å². The molecule has 2 unspecified atom stereocenters. The highest BCUT2D eigenvalue weighted by Crippen LogP contribution is 2.16. The molecule has 6 nitrogen and oxygen atoms in total. The zero-order valence-electron chi connectivity index (χ0n) is 9.69. The maximum Gasteiger partial charge on any atom is 0.506 e. The first-order valence-corrected chi connectivity index (χ1v) is 4.88. The molecule has 1 N–H and O–H groups in total. The van der Waals surface area contributed by atoms with Gasteiger partial charge in [-0.05, 0) is 13.8 Å². The second kappa shape index (κ2) is 7.04. The molecule has 0 aliphatic heterocycles. The van der Waals surface area contributed by atoms with Crippen LogP contribution in [0.3, 0.4) is 0 Å². The van der Waals surface area contributed by atoms with Gasteiger partial charge in [0, 0.05) is 0 Å². The lowest BCUT2D eigenvalue weighted by Crippen LogP contribution is -2.30. The van der Waals surface area contributed by atoms with Gasteiger partial charge < -0.3 is 19.3 Å². The Labute approximate surface area is 101 Å². The normalized spacial score (nSPS) is 14.7. The van der Waals surface area contributed by atoms with Crippen molar-refractivity contribution in [2.75, 3.05) is 13.2 Å². The summed E-state index contributed by atoms with van der Waals surface area (Å²) >= 11 is 0. The van der Waals surface area contributed by atoms with E-state index in [1.165, 1.54) is 13.8 Å². The lowest BCUT2D eigenvalue weighted by Gasteiger charge is -2.16. The van der Waals surface area contributed by atoms with Crippen LogP contribution >= 0.6 is 0 Å². The van der Waals surface area contributed by atoms with Gasteiger partial charge in [0.25, 0.3) is 0 Å². The molecule has 0 aromatic heterocycles. The van der Waals surface area contributed by atoms with Crippen LogP contribution in [0.5, 0.6) is 0 Å². The van der Waals surface area contributed by atoms with Crippen molar-refractivity contribution in [2.45, 2.75) is 32.2 Å². The van der Waals surface area contributed by atoms with Gasteiger partial charge in [0.1, 0.15) is 12.7 Å². The van der Waals surface area contributed by atoms with Crippen LogP contribution in [-0.4, -0.2) is 48.8 Å². The largest absolute Gasteiger partial charge is 0.506 e. The zero-order chi connectivity index (χ0) is 14.3. The monoisotopic (exact) mass is 274 g/mol. The number of carbonyl (C=O) groups is 2. The van der Waals surface area contributed by atoms with E-state index in [1.54, 1.807) is 0 Å². The van der Waals surface area contributed by atoms with Crippen LogP contribution in [0.2, 0.25) is 0 Å². The summed E-state index contributed by atoms with van der Waals surface area (Å²) in [7, 11) is 0. The number of carboxylic acid groups (broad SMARTS) is 1. The molecule has 0 aliphatic carbocycles. The maximum absolute atomic E-state index is 11.8. The van der Waals surface area contributed by atoms with Crippen molar-refractivity contribution in [1.29, 1.82) is 0 Å². The van der Waals surface area contributed by atoms with E-state index in [4.69, 9.17) is 9.84 Å². The molecule has 0 rings (SSSR count). The zero-order valence-corrected chi connectivity index (χ0v) is 9.69. The number of ether oxygens (including phenoxy) is 3. The number of hydrogen-bond donors (Lipinski definition) is 1. The number of esters is 1. The Bertz CT molecular complexity index is 291. The van der Waals surface area contributed by atoms with Crippen molar-refractivity contribution in [3.8, 4) is 0 Å². The third-order valence-corrected chi connectivity index (χ3v) is 1.60. The maximum atomic E-state index is 11.8. The molecule has 0 saturated heterocycles. The highest BCUT2D eigenvalue weighted by Gasteiger charge is 2.41. The Morgan fingerprint density at radius 2 is 1.72 bits per heavy atom. The molecule has 0 saturated carbocycles. The van der Waals surface area contributed by atoms with E-state index in [9.17, 15) is 22.8 Å². The van der Waals surface area contributed by atoms with Crippen LogP contribution in [0.4, 0.5) is 18.0 Å². The molecular formula is C9H13F3O6. The molecule has 0 bridgehead atoms. The topological polar surface area (TPSA) is 82.1 Å². The van der Waals surface area contributed by atoms with Crippen molar-refractivity contribution in [3.05, 3.63) is 0 Å². The number of carbonyl (C=O) groups excluding carboxylic acids is 1. The van der Waals surface area contributed by atoms with Gasteiger partial charge in [-0.2, -0.15) is 13.2 Å². The highest BCUT2D eigenvalue weighted by atomic mass is 19.4. The highest BCUT2D eigenvalue weighted by molar-refractivity contribution is 5.75. The summed E-state index contributed by atoms with van der Waals surface area (Å²) < 4.78 is 48.4. The van der Waals surface area contributed by atoms with Gasteiger partial charge in [0.2, 0.25) is 0 Å². The van der Waals surface area contributed by atoms with Gasteiger partial charge >= 0.3 is 18.3 Å². The Hall–Kier alpha value is -1.51. The Morgan fingerprint density at radius 3 is 2.17 bits per heavy atom. The number of hydrogen-bond acceptors (Lipinski definition) is 5. The van der Waals surface area contributed by atoms with Gasteiger partial charge in [-0.1, -0.05) is 0 Å². The molecule has 0 amide bonds. The lowest BCUT2D eigenvalue weighted by molar-refractivity contribution is -0.202. The quantitative estimate of drug-likeness (QED) is 0.740. The molecule has 106 valence electrons. The van der Waals surface area contributed by atoms with Gasteiger partial charge in [0.05, 0.1) is 12.7 Å². The minimum absolute atomic E-state index is 0.156. The molecule has 0 heterocycles. The molecular weight excluding hydrogens is 261 g/mol. The van der Waals surface area contributed by atoms with Crippen LogP contribution in [0.15, 0.2) is 0 Å². The fraction of sp³-hybridized carbons (Fsp3) is 0.778. The summed E-state index contributed by atoms with van der Waals surface area (Å²) in [5, 5.41) is 8.24. The second-order valence-corrected chi connectivity index (χ2v) is 3.43. The minimum Gasteiger partial charge on any atom is -0.456 e. The molecule has 0 aromatic carbocycles. The van der Waals surface area contributed by atoms with E-state index in [2.05, 4.69) is 9.47 Å². The first-order chi connectivity index (χ1) is 8.12. The van der Waals surface area contributed by atoms with Crippen LogP contribution in [0, 0.1) is 0 Å². The number of halogens is 3. The van der Waals surface area contributed by atoms with Gasteiger partial charge in [-0.25, -0.2) is 9.59 Å². The third kappa shape index (κ3) is 7.71. The fourth-order valence-electron chi connectivity index (χ4n) is 0.829. The first-order valence-electron chi connectivity index (χ1n) is 4.88. The van der Waals surface area contributed by atoms with Crippen LogP contribution < -0.4 is 0 Å². The first kappa shape index (κ1) is 16.5. The molecule has 0 fully saturated rings. The van der Waals surface area contributed by atoms with E-state index in [0.29, 0.717) is 0 Å². The van der Waals surface area contributed by atoms with Crippen LogP contribution in [0.1, 0.15) is 13.8 Å². The predicted octanol–water partition coefficient (Wildman–Crippen LogP) is 1.58. The van der Waals surface area contributed by atoms with Crippen LogP contribution in [0.25, 0.3) is 0 Å². The van der Waals surface area contributed by atoms with E-state index < -0.39 is 37.1 Å². The van der Waals surface area contributed by atoms with Gasteiger partial charge in [-0.15, -0.1) is 0 Å². The summed E-state index contributed by atoms with van der Waals surface area (Å²) in [4.78, 5) is 20.5. The van der Waals surface area contributed by atoms with Crippen molar-refractivity contribution in [3.63, 3.8) is 0 Å². The standard InChI is InChI=1S/C9H13F3O6/c1-5(3-17-7(13)9(10,11)12)16-4-6(2)18-8(14)15/h5-6H,3-4H2,1-2H3,(H,14,15). The minimum atomic E-state index is -5.04. The average molecular weight is 274 g/mol. The summed E-state index contributed by atoms with van der Waals surface area (Å²) in [5.74, 6) is -2.30. The van der Waals surface area contributed by atoms with Gasteiger partial charge in [-0.3, -0.25) is 0 Å². The molecule has 18 heavy (non-hydrogen) atoms. The summed E-state index contributed by atoms with van der Waals surface area (Å²) in [6, 6.07) is 0. The smallest absolute Gasteiger partial charge is 0.456 e. The molecule has 0 aromatic rings. The van der Waals surface area contributed by atoms with E-state index in [-0.39, 0.29) is 6.61 Å². The fourth-order valence-corrected chi connectivity index (χ4v) is 0.829. The van der Waals surface area contributed by atoms with E-state index >= 15 is 0 Å². The van der Waals surface area contributed by atoms with Crippen LogP contribution in [-0.2, 0) is 19.0 Å². The molecule has 0 radical (unpaired) electrons. The lowest BCUT2D eigenvalue weighted by atomic mass is 10.4. The SMILES string of the molecule is CC(COC(=O)C(F)(F)F)OCC(C)OC(=O)O. The molecule has 0 aliphatic rings. The predicted molar refractivity (Wildman–Crippen MR) is 51.0 cm³/mol.